The van der Waals surface area contributed by atoms with Gasteiger partial charge in [-0.1, -0.05) is 13.8 Å². The van der Waals surface area contributed by atoms with Crippen LogP contribution in [0.5, 0.6) is 0 Å². The van der Waals surface area contributed by atoms with Gasteiger partial charge in [0.25, 0.3) is 0 Å². The van der Waals surface area contributed by atoms with Gasteiger partial charge in [0, 0.05) is 31.8 Å². The summed E-state index contributed by atoms with van der Waals surface area (Å²) in [6, 6.07) is 0.679. The molecule has 0 amide bonds. The van der Waals surface area contributed by atoms with Crippen molar-refractivity contribution in [3.8, 4) is 0 Å². The molecule has 0 aliphatic carbocycles. The first kappa shape index (κ1) is 14.9. The van der Waals surface area contributed by atoms with E-state index in [9.17, 15) is 0 Å². The molecule has 2 atom stereocenters. The molecule has 1 aliphatic heterocycles. The fourth-order valence-corrected chi connectivity index (χ4v) is 2.66. The molecule has 102 valence electrons. The van der Waals surface area contributed by atoms with Crippen molar-refractivity contribution in [1.29, 1.82) is 0 Å². The van der Waals surface area contributed by atoms with E-state index in [2.05, 4.69) is 37.9 Å². The lowest BCUT2D eigenvalue weighted by atomic mass is 9.97. The lowest BCUT2D eigenvalue weighted by molar-refractivity contribution is 0.0180. The average molecular weight is 242 g/mol. The number of hydrogen-bond acceptors (Lipinski definition) is 3. The van der Waals surface area contributed by atoms with Gasteiger partial charge in [0.2, 0.25) is 0 Å². The van der Waals surface area contributed by atoms with Gasteiger partial charge >= 0.3 is 0 Å². The summed E-state index contributed by atoms with van der Waals surface area (Å²) in [7, 11) is 1.80. The maximum Gasteiger partial charge on any atom is 0.0641 e. The summed E-state index contributed by atoms with van der Waals surface area (Å²) in [5.74, 6) is 0.709. The van der Waals surface area contributed by atoms with E-state index in [1.54, 1.807) is 7.11 Å². The highest BCUT2D eigenvalue weighted by Gasteiger charge is 2.29. The Bertz CT molecular complexity index is 218. The predicted molar refractivity (Wildman–Crippen MR) is 73.4 cm³/mol. The number of methoxy groups -OCH3 is 1. The quantitative estimate of drug-likeness (QED) is 0.817. The molecule has 1 heterocycles. The van der Waals surface area contributed by atoms with E-state index in [1.165, 1.54) is 25.9 Å². The van der Waals surface area contributed by atoms with Gasteiger partial charge in [-0.3, -0.25) is 4.90 Å². The van der Waals surface area contributed by atoms with E-state index < -0.39 is 0 Å². The predicted octanol–water partition coefficient (Wildman–Crippen LogP) is 2.12. The van der Waals surface area contributed by atoms with Crippen molar-refractivity contribution in [2.75, 3.05) is 33.4 Å². The summed E-state index contributed by atoms with van der Waals surface area (Å²) in [5, 5.41) is 3.67. The highest BCUT2D eigenvalue weighted by molar-refractivity contribution is 4.85. The zero-order chi connectivity index (χ0) is 12.9. The fourth-order valence-electron chi connectivity index (χ4n) is 2.66. The maximum absolute atomic E-state index is 5.36. The largest absolute Gasteiger partial charge is 0.383 e. The SMILES string of the molecule is CCC1CCN(C(C)(C)COC)CC(C)CN1. The average Bonchev–Trinajstić information content (AvgIpc) is 2.23. The molecule has 0 saturated carbocycles. The second-order valence-corrected chi connectivity index (χ2v) is 6.10. The van der Waals surface area contributed by atoms with Crippen molar-refractivity contribution in [3.63, 3.8) is 0 Å². The van der Waals surface area contributed by atoms with Gasteiger partial charge in [0.05, 0.1) is 6.61 Å². The Morgan fingerprint density at radius 2 is 2.12 bits per heavy atom. The number of rotatable bonds is 4. The van der Waals surface area contributed by atoms with Crippen LogP contribution >= 0.6 is 0 Å². The molecule has 3 nitrogen and oxygen atoms in total. The third-order valence-electron chi connectivity index (χ3n) is 3.88. The Kier molecular flexibility index (Phi) is 5.90. The van der Waals surface area contributed by atoms with Crippen LogP contribution in [-0.2, 0) is 4.74 Å². The first-order chi connectivity index (χ1) is 7.99. The Balaban J connectivity index is 2.63. The molecule has 1 aliphatic rings. The third-order valence-corrected chi connectivity index (χ3v) is 3.88. The molecule has 0 radical (unpaired) electrons. The lowest BCUT2D eigenvalue weighted by Gasteiger charge is -2.42. The van der Waals surface area contributed by atoms with Crippen LogP contribution in [-0.4, -0.2) is 49.8 Å². The van der Waals surface area contributed by atoms with Gasteiger partial charge in [-0.25, -0.2) is 0 Å². The second kappa shape index (κ2) is 6.72. The monoisotopic (exact) mass is 242 g/mol. The Hall–Kier alpha value is -0.120. The number of nitrogens with zero attached hydrogens (tertiary/aromatic N) is 1. The molecule has 0 bridgehead atoms. The molecule has 0 aromatic carbocycles. The van der Waals surface area contributed by atoms with Crippen LogP contribution < -0.4 is 5.32 Å². The minimum Gasteiger partial charge on any atom is -0.383 e. The van der Waals surface area contributed by atoms with E-state index >= 15 is 0 Å². The van der Waals surface area contributed by atoms with Gasteiger partial charge in [-0.05, 0) is 39.2 Å². The van der Waals surface area contributed by atoms with E-state index in [0.29, 0.717) is 12.0 Å². The summed E-state index contributed by atoms with van der Waals surface area (Å²) >= 11 is 0. The second-order valence-electron chi connectivity index (χ2n) is 6.10. The fraction of sp³-hybridized carbons (Fsp3) is 1.00. The van der Waals surface area contributed by atoms with Crippen LogP contribution in [0.15, 0.2) is 0 Å². The smallest absolute Gasteiger partial charge is 0.0641 e. The van der Waals surface area contributed by atoms with Gasteiger partial charge in [0.15, 0.2) is 0 Å². The number of nitrogens with one attached hydrogen (secondary N) is 1. The lowest BCUT2D eigenvalue weighted by Crippen LogP contribution is -2.53. The highest BCUT2D eigenvalue weighted by atomic mass is 16.5. The minimum absolute atomic E-state index is 0.151. The van der Waals surface area contributed by atoms with Crippen molar-refractivity contribution < 1.29 is 4.74 Å². The summed E-state index contributed by atoms with van der Waals surface area (Å²) in [6.07, 6.45) is 2.47. The first-order valence-electron chi connectivity index (χ1n) is 6.97. The van der Waals surface area contributed by atoms with Crippen LogP contribution in [0.2, 0.25) is 0 Å². The topological polar surface area (TPSA) is 24.5 Å². The van der Waals surface area contributed by atoms with E-state index in [-0.39, 0.29) is 5.54 Å². The molecule has 3 heteroatoms. The Morgan fingerprint density at radius 1 is 1.41 bits per heavy atom. The van der Waals surface area contributed by atoms with Crippen LogP contribution in [0.3, 0.4) is 0 Å². The van der Waals surface area contributed by atoms with Crippen molar-refractivity contribution in [2.24, 2.45) is 5.92 Å². The molecule has 1 rings (SSSR count). The zero-order valence-corrected chi connectivity index (χ0v) is 12.3. The molecule has 0 spiro atoms. The molecule has 2 unspecified atom stereocenters. The van der Waals surface area contributed by atoms with Crippen LogP contribution in [0, 0.1) is 5.92 Å². The van der Waals surface area contributed by atoms with Gasteiger partial charge in [0.1, 0.15) is 0 Å². The van der Waals surface area contributed by atoms with Crippen molar-refractivity contribution in [2.45, 2.75) is 52.1 Å². The molecular formula is C14H30N2O. The van der Waals surface area contributed by atoms with Crippen LogP contribution in [0.1, 0.15) is 40.5 Å². The molecule has 1 N–H and O–H groups in total. The van der Waals surface area contributed by atoms with Crippen LogP contribution in [0.4, 0.5) is 0 Å². The molecule has 17 heavy (non-hydrogen) atoms. The maximum atomic E-state index is 5.36. The third kappa shape index (κ3) is 4.57. The van der Waals surface area contributed by atoms with E-state index in [1.807, 2.05) is 0 Å². The first-order valence-corrected chi connectivity index (χ1v) is 6.97. The number of ether oxygens (including phenoxy) is 1. The van der Waals surface area contributed by atoms with Crippen molar-refractivity contribution >= 4 is 0 Å². The molecule has 0 aromatic heterocycles. The Labute approximate surface area is 107 Å². The molecule has 1 fully saturated rings. The summed E-state index contributed by atoms with van der Waals surface area (Å²) in [6.45, 7) is 13.5. The highest BCUT2D eigenvalue weighted by Crippen LogP contribution is 2.19. The normalized spacial score (nSPS) is 28.8. The van der Waals surface area contributed by atoms with Crippen molar-refractivity contribution in [3.05, 3.63) is 0 Å². The van der Waals surface area contributed by atoms with E-state index in [0.717, 1.165) is 13.2 Å². The standard InChI is InChI=1S/C14H30N2O/c1-6-13-7-8-16(10-12(2)9-15-13)14(3,4)11-17-5/h12-13,15H,6-11H2,1-5H3. The van der Waals surface area contributed by atoms with Gasteiger partial charge in [-0.15, -0.1) is 0 Å². The zero-order valence-electron chi connectivity index (χ0n) is 12.3. The van der Waals surface area contributed by atoms with Gasteiger partial charge in [-0.2, -0.15) is 0 Å². The van der Waals surface area contributed by atoms with Gasteiger partial charge < -0.3 is 10.1 Å². The molecule has 1 saturated heterocycles. The minimum atomic E-state index is 0.151. The molecular weight excluding hydrogens is 212 g/mol. The summed E-state index contributed by atoms with van der Waals surface area (Å²) in [4.78, 5) is 2.60. The Morgan fingerprint density at radius 3 is 2.71 bits per heavy atom. The summed E-state index contributed by atoms with van der Waals surface area (Å²) < 4.78 is 5.36. The van der Waals surface area contributed by atoms with Crippen LogP contribution in [0.25, 0.3) is 0 Å². The molecule has 0 aromatic rings. The van der Waals surface area contributed by atoms with E-state index in [4.69, 9.17) is 4.74 Å². The summed E-state index contributed by atoms with van der Waals surface area (Å²) in [5.41, 5.74) is 0.151. The number of hydrogen-bond donors (Lipinski definition) is 1. The van der Waals surface area contributed by atoms with Crippen molar-refractivity contribution in [1.82, 2.24) is 10.2 Å².